The summed E-state index contributed by atoms with van der Waals surface area (Å²) in [6.07, 6.45) is 1.64. The Morgan fingerprint density at radius 1 is 1.12 bits per heavy atom. The molecule has 26 heavy (non-hydrogen) atoms. The predicted molar refractivity (Wildman–Crippen MR) is 101 cm³/mol. The van der Waals surface area contributed by atoms with Gasteiger partial charge in [0.2, 0.25) is 0 Å². The minimum absolute atomic E-state index is 0.264. The van der Waals surface area contributed by atoms with Crippen LogP contribution in [0, 0.1) is 0 Å². The zero-order chi connectivity index (χ0) is 18.5. The number of nitrogens with one attached hydrogen (secondary N) is 2. The monoisotopic (exact) mass is 368 g/mol. The molecular formula is C19H16N2O4S. The first kappa shape index (κ1) is 17.6. The van der Waals surface area contributed by atoms with Crippen LogP contribution in [0.4, 0.5) is 0 Å². The largest absolute Gasteiger partial charge is 0.490 e. The van der Waals surface area contributed by atoms with E-state index >= 15 is 0 Å². The average Bonchev–Trinajstić information content (AvgIpc) is 2.95. The van der Waals surface area contributed by atoms with Gasteiger partial charge < -0.3 is 14.8 Å². The lowest BCUT2D eigenvalue weighted by Crippen LogP contribution is -2.21. The molecule has 2 aromatic carbocycles. The molecule has 0 radical (unpaired) electrons. The molecule has 2 N–H and O–H groups in total. The Morgan fingerprint density at radius 3 is 2.54 bits per heavy atom. The summed E-state index contributed by atoms with van der Waals surface area (Å²) in [5.74, 6) is -0.0540. The number of esters is 1. The Kier molecular flexibility index (Phi) is 5.28. The summed E-state index contributed by atoms with van der Waals surface area (Å²) in [6.45, 7) is 2.23. The minimum Gasteiger partial charge on any atom is -0.490 e. The van der Waals surface area contributed by atoms with Crippen molar-refractivity contribution in [1.29, 1.82) is 0 Å². The van der Waals surface area contributed by atoms with E-state index in [0.29, 0.717) is 34.9 Å². The Labute approximate surface area is 155 Å². The molecule has 1 amide bonds. The van der Waals surface area contributed by atoms with Crippen LogP contribution in [0.2, 0.25) is 0 Å². The predicted octanol–water partition coefficient (Wildman–Crippen LogP) is 2.65. The van der Waals surface area contributed by atoms with E-state index in [2.05, 4.69) is 10.6 Å². The molecule has 0 aliphatic carbocycles. The van der Waals surface area contributed by atoms with Crippen molar-refractivity contribution >= 4 is 35.3 Å². The van der Waals surface area contributed by atoms with Gasteiger partial charge in [-0.05, 0) is 55.0 Å². The van der Waals surface area contributed by atoms with Gasteiger partial charge in [0.25, 0.3) is 5.91 Å². The van der Waals surface area contributed by atoms with E-state index in [1.807, 2.05) is 13.0 Å². The topological polar surface area (TPSA) is 76.7 Å². The van der Waals surface area contributed by atoms with Crippen LogP contribution >= 0.6 is 12.2 Å². The molecule has 0 atom stereocenters. The third-order valence-corrected chi connectivity index (χ3v) is 3.71. The second kappa shape index (κ2) is 7.79. The van der Waals surface area contributed by atoms with Crippen LogP contribution in [0.5, 0.6) is 11.5 Å². The second-order valence-electron chi connectivity index (χ2n) is 5.36. The zero-order valence-electron chi connectivity index (χ0n) is 13.9. The van der Waals surface area contributed by atoms with Gasteiger partial charge in [0.1, 0.15) is 5.70 Å². The van der Waals surface area contributed by atoms with Gasteiger partial charge in [-0.2, -0.15) is 0 Å². The molecule has 1 fully saturated rings. The van der Waals surface area contributed by atoms with Crippen molar-refractivity contribution in [2.45, 2.75) is 6.92 Å². The number of hydrogen-bond donors (Lipinski definition) is 2. The molecule has 0 aromatic heterocycles. The highest BCUT2D eigenvalue weighted by Crippen LogP contribution is 2.30. The van der Waals surface area contributed by atoms with Crippen molar-refractivity contribution in [3.8, 4) is 11.5 Å². The zero-order valence-corrected chi connectivity index (χ0v) is 14.8. The Morgan fingerprint density at radius 2 is 1.88 bits per heavy atom. The summed E-state index contributed by atoms with van der Waals surface area (Å²) >= 11 is 4.91. The summed E-state index contributed by atoms with van der Waals surface area (Å²) in [4.78, 5) is 24.0. The van der Waals surface area contributed by atoms with Crippen molar-refractivity contribution in [3.05, 3.63) is 65.4 Å². The highest BCUT2D eigenvalue weighted by Gasteiger charge is 2.20. The Bertz CT molecular complexity index is 894. The van der Waals surface area contributed by atoms with Crippen LogP contribution in [0.25, 0.3) is 6.08 Å². The van der Waals surface area contributed by atoms with E-state index in [9.17, 15) is 9.59 Å². The van der Waals surface area contributed by atoms with Crippen molar-refractivity contribution in [2.24, 2.45) is 0 Å². The number of carbonyl (C=O) groups is 2. The van der Waals surface area contributed by atoms with Crippen molar-refractivity contribution in [3.63, 3.8) is 0 Å². The summed E-state index contributed by atoms with van der Waals surface area (Å²) < 4.78 is 11.0. The minimum atomic E-state index is -0.472. The molecule has 6 nitrogen and oxygen atoms in total. The van der Waals surface area contributed by atoms with Gasteiger partial charge in [0.05, 0.1) is 12.2 Å². The van der Waals surface area contributed by atoms with Crippen LogP contribution in [0.15, 0.2) is 54.2 Å². The molecular weight excluding hydrogens is 352 g/mol. The van der Waals surface area contributed by atoms with Crippen LogP contribution < -0.4 is 20.1 Å². The molecule has 0 saturated carbocycles. The normalized spacial score (nSPS) is 14.7. The quantitative estimate of drug-likeness (QED) is 0.366. The van der Waals surface area contributed by atoms with Crippen LogP contribution in [0.1, 0.15) is 22.8 Å². The first-order chi connectivity index (χ1) is 12.6. The van der Waals surface area contributed by atoms with E-state index in [1.165, 1.54) is 0 Å². The van der Waals surface area contributed by atoms with E-state index in [0.717, 1.165) is 0 Å². The third-order valence-electron chi connectivity index (χ3n) is 3.51. The van der Waals surface area contributed by atoms with Crippen LogP contribution in [-0.2, 0) is 4.79 Å². The van der Waals surface area contributed by atoms with Crippen LogP contribution in [-0.4, -0.2) is 23.6 Å². The molecule has 1 aliphatic heterocycles. The molecule has 2 aromatic rings. The summed E-state index contributed by atoms with van der Waals surface area (Å²) in [5.41, 5.74) is 1.49. The number of carbonyl (C=O) groups excluding carboxylic acids is 2. The fourth-order valence-corrected chi connectivity index (χ4v) is 2.55. The van der Waals surface area contributed by atoms with Gasteiger partial charge in [0.15, 0.2) is 16.6 Å². The molecule has 1 saturated heterocycles. The molecule has 1 heterocycles. The smallest absolute Gasteiger partial charge is 0.343 e. The maximum Gasteiger partial charge on any atom is 0.343 e. The summed E-state index contributed by atoms with van der Waals surface area (Å²) in [5, 5.41) is 5.54. The highest BCUT2D eigenvalue weighted by atomic mass is 32.1. The first-order valence-electron chi connectivity index (χ1n) is 7.95. The molecule has 0 bridgehead atoms. The number of amides is 1. The Hall–Kier alpha value is -3.19. The fraction of sp³-hybridized carbons (Fsp3) is 0.105. The van der Waals surface area contributed by atoms with Crippen molar-refractivity contribution in [2.75, 3.05) is 6.61 Å². The number of thiocarbonyl (C=S) groups is 1. The number of ether oxygens (including phenoxy) is 2. The molecule has 132 valence electrons. The molecule has 3 rings (SSSR count). The maximum absolute atomic E-state index is 12.2. The van der Waals surface area contributed by atoms with Crippen molar-refractivity contribution in [1.82, 2.24) is 10.6 Å². The van der Waals surface area contributed by atoms with Gasteiger partial charge in [0, 0.05) is 0 Å². The van der Waals surface area contributed by atoms with Gasteiger partial charge >= 0.3 is 5.97 Å². The van der Waals surface area contributed by atoms with E-state index in [1.54, 1.807) is 48.5 Å². The third kappa shape index (κ3) is 4.07. The first-order valence-corrected chi connectivity index (χ1v) is 8.35. The SMILES string of the molecule is CCOc1cc(/C=C2/NC(=S)NC2=O)ccc1OC(=O)c1ccccc1. The molecule has 7 heteroatoms. The average molecular weight is 368 g/mol. The standard InChI is InChI=1S/C19H16N2O4S/c1-2-24-16-11-12(10-14-17(22)21-19(26)20-14)8-9-15(16)25-18(23)13-6-4-3-5-7-13/h3-11H,2H2,1H3,(H2,20,21,22,26)/b14-10+. The lowest BCUT2D eigenvalue weighted by Gasteiger charge is -2.11. The lowest BCUT2D eigenvalue weighted by atomic mass is 10.1. The number of rotatable bonds is 5. The van der Waals surface area contributed by atoms with Crippen LogP contribution in [0.3, 0.4) is 0 Å². The number of hydrogen-bond acceptors (Lipinski definition) is 5. The Balaban J connectivity index is 1.85. The van der Waals surface area contributed by atoms with Gasteiger partial charge in [-0.3, -0.25) is 10.1 Å². The highest BCUT2D eigenvalue weighted by molar-refractivity contribution is 7.80. The van der Waals surface area contributed by atoms with Gasteiger partial charge in [-0.15, -0.1) is 0 Å². The molecule has 0 unspecified atom stereocenters. The maximum atomic E-state index is 12.2. The van der Waals surface area contributed by atoms with Gasteiger partial charge in [-0.25, -0.2) is 4.79 Å². The van der Waals surface area contributed by atoms with E-state index in [-0.39, 0.29) is 11.0 Å². The molecule has 1 aliphatic rings. The lowest BCUT2D eigenvalue weighted by molar-refractivity contribution is -0.115. The summed E-state index contributed by atoms with van der Waals surface area (Å²) in [6, 6.07) is 13.7. The van der Waals surface area contributed by atoms with Gasteiger partial charge in [-0.1, -0.05) is 24.3 Å². The molecule has 0 spiro atoms. The van der Waals surface area contributed by atoms with Crippen molar-refractivity contribution < 1.29 is 19.1 Å². The summed E-state index contributed by atoms with van der Waals surface area (Å²) in [7, 11) is 0. The fourth-order valence-electron chi connectivity index (χ4n) is 2.35. The second-order valence-corrected chi connectivity index (χ2v) is 5.77. The van der Waals surface area contributed by atoms with E-state index in [4.69, 9.17) is 21.7 Å². The van der Waals surface area contributed by atoms with E-state index < -0.39 is 5.97 Å². The number of benzene rings is 2.